The molecule has 10 heteroatoms. The zero-order chi connectivity index (χ0) is 33.8. The number of hydrogen-bond donors (Lipinski definition) is 0. The van der Waals surface area contributed by atoms with Gasteiger partial charge in [0.25, 0.3) is 5.56 Å². The molecule has 0 N–H and O–H groups in total. The molecule has 1 aliphatic rings. The third-order valence-electron chi connectivity index (χ3n) is 8.07. The number of rotatable bonds is 11. The van der Waals surface area contributed by atoms with E-state index in [1.807, 2.05) is 49.4 Å². The Morgan fingerprint density at radius 2 is 1.65 bits per heavy atom. The third kappa shape index (κ3) is 6.31. The minimum Gasteiger partial charge on any atom is -0.493 e. The van der Waals surface area contributed by atoms with Crippen LogP contribution in [0, 0.1) is 0 Å². The normalized spacial score (nSPS) is 14.4. The summed E-state index contributed by atoms with van der Waals surface area (Å²) in [5.74, 6) is 1.64. The maximum atomic E-state index is 14.2. The van der Waals surface area contributed by atoms with Crippen LogP contribution in [-0.2, 0) is 16.1 Å². The Morgan fingerprint density at radius 1 is 0.875 bits per heavy atom. The van der Waals surface area contributed by atoms with Crippen molar-refractivity contribution in [1.82, 2.24) is 4.57 Å². The minimum absolute atomic E-state index is 0.183. The van der Waals surface area contributed by atoms with Gasteiger partial charge in [-0.3, -0.25) is 9.36 Å². The molecule has 0 saturated heterocycles. The van der Waals surface area contributed by atoms with Crippen LogP contribution < -0.4 is 33.8 Å². The molecule has 0 spiro atoms. The summed E-state index contributed by atoms with van der Waals surface area (Å²) < 4.78 is 30.6. The van der Waals surface area contributed by atoms with E-state index in [1.165, 1.54) is 18.4 Å². The number of allylic oxidation sites excluding steroid dienone is 1. The van der Waals surface area contributed by atoms with Crippen LogP contribution in [0.3, 0.4) is 0 Å². The average Bonchev–Trinajstić information content (AvgIpc) is 3.40. The summed E-state index contributed by atoms with van der Waals surface area (Å²) >= 11 is 1.25. The molecule has 4 aromatic carbocycles. The van der Waals surface area contributed by atoms with Gasteiger partial charge in [-0.05, 0) is 78.6 Å². The molecule has 246 valence electrons. The van der Waals surface area contributed by atoms with Crippen molar-refractivity contribution >= 4 is 34.2 Å². The van der Waals surface area contributed by atoms with E-state index in [1.54, 1.807) is 43.7 Å². The Bertz CT molecular complexity index is 2210. The number of ether oxygens (including phenoxy) is 5. The van der Waals surface area contributed by atoms with Gasteiger partial charge in [-0.2, -0.15) is 0 Å². The molecule has 0 unspecified atom stereocenters. The van der Waals surface area contributed by atoms with Crippen molar-refractivity contribution in [2.75, 3.05) is 27.4 Å². The smallest absolute Gasteiger partial charge is 0.338 e. The highest BCUT2D eigenvalue weighted by molar-refractivity contribution is 7.07. The summed E-state index contributed by atoms with van der Waals surface area (Å²) in [6.07, 6.45) is 1.80. The lowest BCUT2D eigenvalue weighted by Gasteiger charge is -2.25. The van der Waals surface area contributed by atoms with E-state index in [0.717, 1.165) is 21.9 Å². The molecule has 0 aliphatic carbocycles. The summed E-state index contributed by atoms with van der Waals surface area (Å²) in [6, 6.07) is 24.5. The van der Waals surface area contributed by atoms with E-state index in [4.69, 9.17) is 23.7 Å². The molecular weight excluding hydrogens is 628 g/mol. The lowest BCUT2D eigenvalue weighted by molar-refractivity contribution is -0.139. The van der Waals surface area contributed by atoms with Crippen LogP contribution in [0.4, 0.5) is 0 Å². The predicted molar refractivity (Wildman–Crippen MR) is 186 cm³/mol. The van der Waals surface area contributed by atoms with Crippen LogP contribution in [0.2, 0.25) is 0 Å². The van der Waals surface area contributed by atoms with Crippen LogP contribution in [0.1, 0.15) is 43.5 Å². The number of methoxy groups -OCH3 is 2. The molecule has 9 nitrogen and oxygen atoms in total. The maximum absolute atomic E-state index is 14.2. The molecule has 6 rings (SSSR count). The Hall–Kier alpha value is -5.35. The second-order valence-corrected chi connectivity index (χ2v) is 12.0. The topological polar surface area (TPSA) is 97.6 Å². The molecule has 2 heterocycles. The highest BCUT2D eigenvalue weighted by atomic mass is 32.1. The van der Waals surface area contributed by atoms with Crippen molar-refractivity contribution in [3.63, 3.8) is 0 Å². The van der Waals surface area contributed by atoms with E-state index < -0.39 is 12.0 Å². The zero-order valence-corrected chi connectivity index (χ0v) is 28.3. The van der Waals surface area contributed by atoms with E-state index in [2.05, 4.69) is 29.3 Å². The van der Waals surface area contributed by atoms with Crippen molar-refractivity contribution in [2.45, 2.75) is 33.4 Å². The number of aromatic nitrogens is 1. The van der Waals surface area contributed by atoms with Gasteiger partial charge >= 0.3 is 5.97 Å². The summed E-state index contributed by atoms with van der Waals surface area (Å²) in [6.45, 7) is 6.40. The molecule has 0 bridgehead atoms. The summed E-state index contributed by atoms with van der Waals surface area (Å²) in [7, 11) is 3.09. The second kappa shape index (κ2) is 14.2. The van der Waals surface area contributed by atoms with Gasteiger partial charge in [0, 0.05) is 0 Å². The molecule has 1 aromatic heterocycles. The van der Waals surface area contributed by atoms with Crippen LogP contribution in [0.15, 0.2) is 99.9 Å². The predicted octanol–water partition coefficient (Wildman–Crippen LogP) is 5.95. The fourth-order valence-electron chi connectivity index (χ4n) is 5.86. The molecule has 48 heavy (non-hydrogen) atoms. The average molecular weight is 665 g/mol. The molecule has 1 aliphatic heterocycles. The summed E-state index contributed by atoms with van der Waals surface area (Å²) in [5.41, 5.74) is 2.96. The first-order valence-corrected chi connectivity index (χ1v) is 16.5. The Morgan fingerprint density at radius 3 is 2.42 bits per heavy atom. The monoisotopic (exact) mass is 664 g/mol. The molecule has 0 saturated carbocycles. The Kier molecular flexibility index (Phi) is 9.63. The number of carbonyl (C=O) groups is 1. The highest BCUT2D eigenvalue weighted by Gasteiger charge is 2.34. The van der Waals surface area contributed by atoms with Gasteiger partial charge in [0.2, 0.25) is 0 Å². The van der Waals surface area contributed by atoms with Crippen LogP contribution in [-0.4, -0.2) is 38.0 Å². The molecule has 5 aromatic rings. The molecule has 0 fully saturated rings. The number of fused-ring (bicyclic) bond motifs is 2. The lowest BCUT2D eigenvalue weighted by atomic mass is 9.95. The van der Waals surface area contributed by atoms with Crippen LogP contribution in [0.25, 0.3) is 16.8 Å². The second-order valence-electron chi connectivity index (χ2n) is 11.0. The first-order chi connectivity index (χ1) is 23.4. The zero-order valence-electron chi connectivity index (χ0n) is 27.4. The fourth-order valence-corrected chi connectivity index (χ4v) is 6.90. The van der Waals surface area contributed by atoms with Crippen molar-refractivity contribution in [2.24, 2.45) is 4.99 Å². The van der Waals surface area contributed by atoms with Gasteiger partial charge in [0.15, 0.2) is 27.8 Å². The molecule has 1 atom stereocenters. The Balaban J connectivity index is 1.39. The number of thiazole rings is 1. The van der Waals surface area contributed by atoms with Crippen molar-refractivity contribution in [3.05, 3.63) is 127 Å². The highest BCUT2D eigenvalue weighted by Crippen LogP contribution is 2.36. The van der Waals surface area contributed by atoms with Crippen LogP contribution >= 0.6 is 11.3 Å². The number of carbonyl (C=O) groups excluding carboxylic acids is 1. The lowest BCUT2D eigenvalue weighted by Crippen LogP contribution is -2.39. The fraction of sp³-hybridized carbons (Fsp3) is 0.237. The van der Waals surface area contributed by atoms with E-state index in [0.29, 0.717) is 56.8 Å². The SMILES string of the molecule is CCOC(=O)C1=C(C)N=c2s/c(=C\c3ccc(OCc4cccc5ccccc45)c(OCC)c3)c(=O)n2[C@H]1c1ccc(OC)c(OC)c1. The number of benzene rings is 4. The number of hydrogen-bond acceptors (Lipinski definition) is 9. The van der Waals surface area contributed by atoms with Gasteiger partial charge in [0.1, 0.15) is 6.61 Å². The molecule has 0 radical (unpaired) electrons. The van der Waals surface area contributed by atoms with Gasteiger partial charge in [-0.1, -0.05) is 65.9 Å². The van der Waals surface area contributed by atoms with E-state index >= 15 is 0 Å². The minimum atomic E-state index is -0.786. The maximum Gasteiger partial charge on any atom is 0.338 e. The first-order valence-electron chi connectivity index (χ1n) is 15.6. The van der Waals surface area contributed by atoms with Gasteiger partial charge in [0.05, 0.1) is 49.3 Å². The van der Waals surface area contributed by atoms with E-state index in [9.17, 15) is 9.59 Å². The van der Waals surface area contributed by atoms with Gasteiger partial charge < -0.3 is 23.7 Å². The molecule has 0 amide bonds. The quantitative estimate of drug-likeness (QED) is 0.161. The van der Waals surface area contributed by atoms with Crippen molar-refractivity contribution < 1.29 is 28.5 Å². The largest absolute Gasteiger partial charge is 0.493 e. The Labute approximate surface area is 281 Å². The van der Waals surface area contributed by atoms with Crippen molar-refractivity contribution in [1.29, 1.82) is 0 Å². The van der Waals surface area contributed by atoms with Gasteiger partial charge in [-0.15, -0.1) is 0 Å². The first kappa shape index (κ1) is 32.6. The third-order valence-corrected chi connectivity index (χ3v) is 9.05. The summed E-state index contributed by atoms with van der Waals surface area (Å²) in [4.78, 5) is 32.6. The number of nitrogens with zero attached hydrogens (tertiary/aromatic N) is 2. The number of esters is 1. The van der Waals surface area contributed by atoms with Crippen molar-refractivity contribution in [3.8, 4) is 23.0 Å². The molecular formula is C38H36N2O7S. The van der Waals surface area contributed by atoms with Gasteiger partial charge in [-0.25, -0.2) is 9.79 Å². The standard InChI is InChI=1S/C38H36N2O7S/c1-6-45-32-19-24(15-17-30(32)47-22-27-13-10-12-25-11-8-9-14-28(25)27)20-33-36(41)40-35(26-16-18-29(43-4)31(21-26)44-5)34(37(42)46-7-2)23(3)39-38(40)48-33/h8-21,35H,6-7,22H2,1-5H3/b33-20-/t35-/m0/s1. The van der Waals surface area contributed by atoms with Crippen LogP contribution in [0.5, 0.6) is 23.0 Å². The van der Waals surface area contributed by atoms with E-state index in [-0.39, 0.29) is 17.7 Å². The summed E-state index contributed by atoms with van der Waals surface area (Å²) in [5, 5.41) is 2.29.